The van der Waals surface area contributed by atoms with Gasteiger partial charge in [-0.3, -0.25) is 4.79 Å². The second-order valence-electron chi connectivity index (χ2n) is 7.71. The van der Waals surface area contributed by atoms with Crippen LogP contribution in [0.5, 0.6) is 5.75 Å². The van der Waals surface area contributed by atoms with Crippen LogP contribution < -0.4 is 16.0 Å². The third-order valence-electron chi connectivity index (χ3n) is 5.19. The number of ether oxygens (including phenoxy) is 1. The van der Waals surface area contributed by atoms with Crippen LogP contribution in [0.3, 0.4) is 0 Å². The Morgan fingerprint density at radius 2 is 1.83 bits per heavy atom. The van der Waals surface area contributed by atoms with Gasteiger partial charge >= 0.3 is 0 Å². The van der Waals surface area contributed by atoms with Gasteiger partial charge in [0.2, 0.25) is 0 Å². The lowest BCUT2D eigenvalue weighted by atomic mass is 9.89. The number of aryl methyl sites for hydroxylation is 1. The van der Waals surface area contributed by atoms with Gasteiger partial charge in [0.15, 0.2) is 0 Å². The van der Waals surface area contributed by atoms with Crippen LogP contribution in [0, 0.1) is 0 Å². The molecule has 0 saturated heterocycles. The molecule has 3 rings (SSSR count). The third-order valence-corrected chi connectivity index (χ3v) is 5.19. The molecule has 1 aromatic heterocycles. The zero-order valence-corrected chi connectivity index (χ0v) is 16.9. The van der Waals surface area contributed by atoms with E-state index in [4.69, 9.17) is 10.5 Å². The highest BCUT2D eigenvalue weighted by atomic mass is 19.3. The van der Waals surface area contributed by atoms with Crippen LogP contribution in [-0.4, -0.2) is 11.6 Å². The first-order chi connectivity index (χ1) is 13.6. The summed E-state index contributed by atoms with van der Waals surface area (Å²) in [7, 11) is 0. The van der Waals surface area contributed by atoms with Crippen LogP contribution in [0.1, 0.15) is 43.9 Å². The Labute approximate surface area is 168 Å². The summed E-state index contributed by atoms with van der Waals surface area (Å²) >= 11 is 0. The summed E-state index contributed by atoms with van der Waals surface area (Å²) in [5.74, 6) is -2.53. The molecule has 0 aliphatic carbocycles. The quantitative estimate of drug-likeness (QED) is 0.596. The Hall–Kier alpha value is -2.73. The van der Waals surface area contributed by atoms with Gasteiger partial charge in [0, 0.05) is 35.5 Å². The summed E-state index contributed by atoms with van der Waals surface area (Å²) < 4.78 is 32.6. The van der Waals surface area contributed by atoms with E-state index in [-0.39, 0.29) is 17.7 Å². The molecule has 3 N–H and O–H groups in total. The fraction of sp³-hybridized carbons (Fsp3) is 0.348. The summed E-state index contributed by atoms with van der Waals surface area (Å²) in [6, 6.07) is 13.6. The van der Waals surface area contributed by atoms with Crippen molar-refractivity contribution in [2.75, 3.05) is 6.61 Å². The van der Waals surface area contributed by atoms with E-state index in [2.05, 4.69) is 4.98 Å². The number of alkyl halides is 2. The van der Waals surface area contributed by atoms with E-state index in [1.165, 1.54) is 12.1 Å². The van der Waals surface area contributed by atoms with Crippen molar-refractivity contribution in [2.24, 2.45) is 5.73 Å². The number of hydrogen-bond donors (Lipinski definition) is 2. The van der Waals surface area contributed by atoms with Gasteiger partial charge in [-0.1, -0.05) is 31.2 Å². The Kier molecular flexibility index (Phi) is 5.75. The number of nitrogens with two attached hydrogens (primary N) is 1. The van der Waals surface area contributed by atoms with Gasteiger partial charge in [0.05, 0.1) is 6.61 Å². The van der Waals surface area contributed by atoms with Gasteiger partial charge in [0.1, 0.15) is 5.75 Å². The number of hydrogen-bond acceptors (Lipinski definition) is 3. The lowest BCUT2D eigenvalue weighted by molar-refractivity contribution is 0.0172. The number of aromatic amines is 1. The van der Waals surface area contributed by atoms with Crippen molar-refractivity contribution in [3.63, 3.8) is 0 Å². The molecular weight excluding hydrogens is 374 g/mol. The highest BCUT2D eigenvalue weighted by Crippen LogP contribution is 2.30. The minimum absolute atomic E-state index is 0.0876. The Bertz CT molecular complexity index is 1070. The number of rotatable bonds is 7. The van der Waals surface area contributed by atoms with Gasteiger partial charge in [-0.15, -0.1) is 0 Å². The molecule has 6 heteroatoms. The largest absolute Gasteiger partial charge is 0.494 e. The van der Waals surface area contributed by atoms with Crippen molar-refractivity contribution in [2.45, 2.75) is 45.1 Å². The molecule has 0 spiro atoms. The fourth-order valence-electron chi connectivity index (χ4n) is 3.25. The standard InChI is InChI=1S/C23H26F2N2O2/c1-4-15-12-16-8-9-17(14-20(16)27-21(15)28)22(2,26)10-11-29-19-7-5-6-18(13-19)23(3,24)25/h5-9,12-14H,4,10-11,26H2,1-3H3,(H,27,28)/t22-/m0/s1. The molecule has 154 valence electrons. The summed E-state index contributed by atoms with van der Waals surface area (Å²) in [5.41, 5.74) is 7.95. The molecule has 0 fully saturated rings. The highest BCUT2D eigenvalue weighted by molar-refractivity contribution is 5.80. The van der Waals surface area contributed by atoms with Gasteiger partial charge in [-0.2, -0.15) is 0 Å². The molecule has 0 bridgehead atoms. The lowest BCUT2D eigenvalue weighted by Crippen LogP contribution is -2.34. The van der Waals surface area contributed by atoms with Crippen LogP contribution in [0.4, 0.5) is 8.78 Å². The van der Waals surface area contributed by atoms with E-state index in [0.717, 1.165) is 29.0 Å². The first-order valence-electron chi connectivity index (χ1n) is 9.66. The number of pyridine rings is 1. The average molecular weight is 400 g/mol. The van der Waals surface area contributed by atoms with Crippen LogP contribution in [0.15, 0.2) is 53.3 Å². The van der Waals surface area contributed by atoms with Gasteiger partial charge < -0.3 is 15.5 Å². The second kappa shape index (κ2) is 7.95. The number of fused-ring (bicyclic) bond motifs is 1. The number of nitrogens with one attached hydrogen (secondary N) is 1. The van der Waals surface area contributed by atoms with Crippen molar-refractivity contribution in [3.8, 4) is 5.75 Å². The Balaban J connectivity index is 1.73. The molecule has 0 saturated carbocycles. The average Bonchev–Trinajstić information content (AvgIpc) is 2.66. The van der Waals surface area contributed by atoms with Crippen LogP contribution in [0.25, 0.3) is 10.9 Å². The Morgan fingerprint density at radius 1 is 1.07 bits per heavy atom. The minimum Gasteiger partial charge on any atom is -0.494 e. The monoisotopic (exact) mass is 400 g/mol. The molecule has 1 atom stereocenters. The fourth-order valence-corrected chi connectivity index (χ4v) is 3.25. The van der Waals surface area contributed by atoms with E-state index in [9.17, 15) is 13.6 Å². The zero-order valence-electron chi connectivity index (χ0n) is 16.9. The highest BCUT2D eigenvalue weighted by Gasteiger charge is 2.25. The number of halogens is 2. The molecule has 2 aromatic carbocycles. The number of aromatic nitrogens is 1. The van der Waals surface area contributed by atoms with Gasteiger partial charge in [-0.05, 0) is 48.6 Å². The predicted octanol–water partition coefficient (Wildman–Crippen LogP) is 4.85. The summed E-state index contributed by atoms with van der Waals surface area (Å²) in [4.78, 5) is 15.0. The van der Waals surface area contributed by atoms with Crippen molar-refractivity contribution in [1.82, 2.24) is 4.98 Å². The van der Waals surface area contributed by atoms with Crippen LogP contribution in [0.2, 0.25) is 0 Å². The maximum atomic E-state index is 13.5. The smallest absolute Gasteiger partial charge is 0.270 e. The Morgan fingerprint density at radius 3 is 2.52 bits per heavy atom. The van der Waals surface area contributed by atoms with E-state index < -0.39 is 11.5 Å². The van der Waals surface area contributed by atoms with Crippen molar-refractivity contribution >= 4 is 10.9 Å². The predicted molar refractivity (Wildman–Crippen MR) is 112 cm³/mol. The molecule has 29 heavy (non-hydrogen) atoms. The first kappa shape index (κ1) is 21.0. The molecule has 0 unspecified atom stereocenters. The molecular formula is C23H26F2N2O2. The van der Waals surface area contributed by atoms with E-state index in [0.29, 0.717) is 18.6 Å². The normalized spacial score (nSPS) is 14.0. The van der Waals surface area contributed by atoms with Crippen molar-refractivity contribution in [3.05, 3.63) is 75.6 Å². The number of H-pyrrole nitrogens is 1. The topological polar surface area (TPSA) is 68.1 Å². The molecule has 1 heterocycles. The molecule has 0 amide bonds. The maximum Gasteiger partial charge on any atom is 0.270 e. The van der Waals surface area contributed by atoms with Crippen molar-refractivity contribution < 1.29 is 13.5 Å². The molecule has 4 nitrogen and oxygen atoms in total. The molecule has 0 aliphatic heterocycles. The number of benzene rings is 2. The van der Waals surface area contributed by atoms with Gasteiger partial charge in [-0.25, -0.2) is 8.78 Å². The SMILES string of the molecule is CCc1cc2ccc([C@@](C)(N)CCOc3cccc(C(C)(F)F)c3)cc2[nH]c1=O. The lowest BCUT2D eigenvalue weighted by Gasteiger charge is -2.26. The van der Waals surface area contributed by atoms with E-state index in [1.807, 2.05) is 38.1 Å². The molecule has 0 radical (unpaired) electrons. The second-order valence-corrected chi connectivity index (χ2v) is 7.71. The minimum atomic E-state index is -2.92. The van der Waals surface area contributed by atoms with Crippen LogP contribution in [-0.2, 0) is 17.9 Å². The summed E-state index contributed by atoms with van der Waals surface area (Å²) in [6.45, 7) is 4.96. The summed E-state index contributed by atoms with van der Waals surface area (Å²) in [5, 5.41) is 0.953. The van der Waals surface area contributed by atoms with Crippen LogP contribution >= 0.6 is 0 Å². The third kappa shape index (κ3) is 4.82. The molecule has 3 aromatic rings. The van der Waals surface area contributed by atoms with E-state index >= 15 is 0 Å². The van der Waals surface area contributed by atoms with Crippen molar-refractivity contribution in [1.29, 1.82) is 0 Å². The first-order valence-corrected chi connectivity index (χ1v) is 9.66. The van der Waals surface area contributed by atoms with E-state index in [1.54, 1.807) is 12.1 Å². The molecule has 0 aliphatic rings. The maximum absolute atomic E-state index is 13.5. The van der Waals surface area contributed by atoms with Gasteiger partial charge in [0.25, 0.3) is 11.5 Å². The zero-order chi connectivity index (χ0) is 21.2. The summed E-state index contributed by atoms with van der Waals surface area (Å²) in [6.07, 6.45) is 1.15.